The fraction of sp³-hybridized carbons (Fsp3) is 0.312. The zero-order chi connectivity index (χ0) is 14.6. The van der Waals surface area contributed by atoms with Crippen molar-refractivity contribution in [3.63, 3.8) is 0 Å². The summed E-state index contributed by atoms with van der Waals surface area (Å²) < 4.78 is 18.3. The smallest absolute Gasteiger partial charge is 0.141 e. The van der Waals surface area contributed by atoms with Crippen LogP contribution in [0.1, 0.15) is 24.6 Å². The molecule has 1 N–H and O–H groups in total. The van der Waals surface area contributed by atoms with Gasteiger partial charge in [-0.25, -0.2) is 4.39 Å². The fourth-order valence-corrected chi connectivity index (χ4v) is 2.21. The molecule has 1 atom stereocenters. The van der Waals surface area contributed by atoms with Crippen LogP contribution in [0.3, 0.4) is 0 Å². The van der Waals surface area contributed by atoms with Crippen molar-refractivity contribution in [2.75, 3.05) is 7.11 Å². The molecule has 0 radical (unpaired) electrons. The van der Waals surface area contributed by atoms with Crippen LogP contribution in [-0.4, -0.2) is 17.2 Å². The predicted molar refractivity (Wildman–Crippen MR) is 75.1 cm³/mol. The third kappa shape index (κ3) is 2.96. The molecular weight excluding hydrogens is 257 g/mol. The first-order valence-corrected chi connectivity index (χ1v) is 6.55. The predicted octanol–water partition coefficient (Wildman–Crippen LogP) is 3.07. The Morgan fingerprint density at radius 2 is 2.00 bits per heavy atom. The number of benzene rings is 1. The first kappa shape index (κ1) is 14.5. The van der Waals surface area contributed by atoms with Crippen molar-refractivity contribution in [2.45, 2.75) is 25.4 Å². The van der Waals surface area contributed by atoms with E-state index in [1.54, 1.807) is 7.11 Å². The van der Waals surface area contributed by atoms with E-state index in [1.165, 1.54) is 12.1 Å². The van der Waals surface area contributed by atoms with Gasteiger partial charge in [0.1, 0.15) is 17.2 Å². The second-order valence-corrected chi connectivity index (χ2v) is 4.74. The minimum atomic E-state index is -1.14. The van der Waals surface area contributed by atoms with Crippen molar-refractivity contribution in [1.29, 1.82) is 0 Å². The van der Waals surface area contributed by atoms with Gasteiger partial charge in [0.05, 0.1) is 19.0 Å². The van der Waals surface area contributed by atoms with Crippen LogP contribution in [0.4, 0.5) is 4.39 Å². The van der Waals surface area contributed by atoms with E-state index in [0.717, 1.165) is 17.5 Å². The van der Waals surface area contributed by atoms with Crippen molar-refractivity contribution in [3.05, 3.63) is 59.7 Å². The van der Waals surface area contributed by atoms with Crippen LogP contribution >= 0.6 is 0 Å². The summed E-state index contributed by atoms with van der Waals surface area (Å²) in [5.41, 5.74) is 0.222. The lowest BCUT2D eigenvalue weighted by Crippen LogP contribution is -2.29. The zero-order valence-corrected chi connectivity index (χ0v) is 11.6. The SMILES string of the molecule is CCC(O)(Cc1ccccc1OC)c1ccc(F)cn1. The molecule has 3 nitrogen and oxygen atoms in total. The van der Waals surface area contributed by atoms with Crippen LogP contribution in [0.15, 0.2) is 42.6 Å². The van der Waals surface area contributed by atoms with E-state index in [1.807, 2.05) is 31.2 Å². The second-order valence-electron chi connectivity index (χ2n) is 4.74. The van der Waals surface area contributed by atoms with Crippen LogP contribution in [-0.2, 0) is 12.0 Å². The lowest BCUT2D eigenvalue weighted by atomic mass is 9.88. The summed E-state index contributed by atoms with van der Waals surface area (Å²) in [6, 6.07) is 10.4. The van der Waals surface area contributed by atoms with Gasteiger partial charge >= 0.3 is 0 Å². The number of methoxy groups -OCH3 is 1. The van der Waals surface area contributed by atoms with Gasteiger partial charge in [-0.2, -0.15) is 0 Å². The number of hydrogen-bond donors (Lipinski definition) is 1. The van der Waals surface area contributed by atoms with Gasteiger partial charge in [0, 0.05) is 6.42 Å². The summed E-state index contributed by atoms with van der Waals surface area (Å²) in [6.45, 7) is 1.88. The third-order valence-electron chi connectivity index (χ3n) is 3.46. The van der Waals surface area contributed by atoms with Gasteiger partial charge in [-0.05, 0) is 30.2 Å². The Bertz CT molecular complexity index is 571. The normalized spacial score (nSPS) is 13.8. The molecule has 1 unspecified atom stereocenters. The monoisotopic (exact) mass is 275 g/mol. The molecule has 0 aliphatic carbocycles. The standard InChI is InChI=1S/C16H18FNO2/c1-3-16(19,15-9-8-13(17)11-18-15)10-12-6-4-5-7-14(12)20-2/h4-9,11,19H,3,10H2,1-2H3. The Morgan fingerprint density at radius 1 is 1.25 bits per heavy atom. The topological polar surface area (TPSA) is 42.4 Å². The third-order valence-corrected chi connectivity index (χ3v) is 3.46. The largest absolute Gasteiger partial charge is 0.496 e. The number of para-hydroxylation sites is 1. The number of halogens is 1. The molecule has 1 heterocycles. The summed E-state index contributed by atoms with van der Waals surface area (Å²) in [5, 5.41) is 10.8. The van der Waals surface area contributed by atoms with Gasteiger partial charge < -0.3 is 9.84 Å². The van der Waals surface area contributed by atoms with E-state index in [9.17, 15) is 9.50 Å². The molecule has 2 rings (SSSR count). The van der Waals surface area contributed by atoms with E-state index >= 15 is 0 Å². The molecular formula is C16H18FNO2. The zero-order valence-electron chi connectivity index (χ0n) is 11.6. The maximum Gasteiger partial charge on any atom is 0.141 e. The quantitative estimate of drug-likeness (QED) is 0.912. The molecule has 2 aromatic rings. The molecule has 1 aromatic carbocycles. The molecule has 0 aliphatic heterocycles. The lowest BCUT2D eigenvalue weighted by Gasteiger charge is -2.27. The van der Waals surface area contributed by atoms with Gasteiger partial charge in [0.15, 0.2) is 0 Å². The average molecular weight is 275 g/mol. The Labute approximate surface area is 118 Å². The first-order chi connectivity index (χ1) is 9.59. The van der Waals surface area contributed by atoms with Gasteiger partial charge in [-0.1, -0.05) is 25.1 Å². The van der Waals surface area contributed by atoms with Crippen molar-refractivity contribution < 1.29 is 14.2 Å². The number of ether oxygens (including phenoxy) is 1. The summed E-state index contributed by atoms with van der Waals surface area (Å²) in [6.07, 6.45) is 1.97. The molecule has 1 aromatic heterocycles. The van der Waals surface area contributed by atoms with E-state index in [4.69, 9.17) is 4.74 Å². The van der Waals surface area contributed by atoms with Crippen LogP contribution < -0.4 is 4.74 Å². The van der Waals surface area contributed by atoms with E-state index < -0.39 is 11.4 Å². The summed E-state index contributed by atoms with van der Waals surface area (Å²) in [5.74, 6) is 0.311. The molecule has 0 saturated carbocycles. The van der Waals surface area contributed by atoms with Crippen molar-refractivity contribution in [1.82, 2.24) is 4.98 Å². The number of aliphatic hydroxyl groups is 1. The molecule has 0 bridgehead atoms. The van der Waals surface area contributed by atoms with Gasteiger partial charge in [-0.3, -0.25) is 4.98 Å². The Hall–Kier alpha value is -1.94. The van der Waals surface area contributed by atoms with E-state index in [2.05, 4.69) is 4.98 Å². The Morgan fingerprint density at radius 3 is 2.60 bits per heavy atom. The molecule has 0 spiro atoms. The fourth-order valence-electron chi connectivity index (χ4n) is 2.21. The summed E-state index contributed by atoms with van der Waals surface area (Å²) >= 11 is 0. The maximum atomic E-state index is 13.0. The van der Waals surface area contributed by atoms with Gasteiger partial charge in [0.2, 0.25) is 0 Å². The highest BCUT2D eigenvalue weighted by molar-refractivity contribution is 5.35. The van der Waals surface area contributed by atoms with Crippen LogP contribution in [0.25, 0.3) is 0 Å². The molecule has 4 heteroatoms. The molecule has 106 valence electrons. The van der Waals surface area contributed by atoms with Gasteiger partial charge in [-0.15, -0.1) is 0 Å². The Kier molecular flexibility index (Phi) is 4.35. The summed E-state index contributed by atoms with van der Waals surface area (Å²) in [7, 11) is 1.60. The van der Waals surface area contributed by atoms with Crippen LogP contribution in [0.2, 0.25) is 0 Å². The molecule has 0 aliphatic rings. The molecule has 0 amide bonds. The minimum Gasteiger partial charge on any atom is -0.496 e. The van der Waals surface area contributed by atoms with Crippen molar-refractivity contribution in [2.24, 2.45) is 0 Å². The maximum absolute atomic E-state index is 13.0. The van der Waals surface area contributed by atoms with Gasteiger partial charge in [0.25, 0.3) is 0 Å². The molecule has 0 fully saturated rings. The Balaban J connectivity index is 2.34. The summed E-state index contributed by atoms with van der Waals surface area (Å²) in [4.78, 5) is 4.01. The number of aromatic nitrogens is 1. The number of rotatable bonds is 5. The highest BCUT2D eigenvalue weighted by Gasteiger charge is 2.30. The van der Waals surface area contributed by atoms with E-state index in [0.29, 0.717) is 18.5 Å². The number of nitrogens with zero attached hydrogens (tertiary/aromatic N) is 1. The van der Waals surface area contributed by atoms with Crippen molar-refractivity contribution >= 4 is 0 Å². The van der Waals surface area contributed by atoms with Crippen LogP contribution in [0, 0.1) is 5.82 Å². The minimum absolute atomic E-state index is 0.367. The number of hydrogen-bond acceptors (Lipinski definition) is 3. The van der Waals surface area contributed by atoms with Crippen LogP contribution in [0.5, 0.6) is 5.75 Å². The molecule has 20 heavy (non-hydrogen) atoms. The highest BCUT2D eigenvalue weighted by Crippen LogP contribution is 2.31. The van der Waals surface area contributed by atoms with Crippen molar-refractivity contribution in [3.8, 4) is 5.75 Å². The molecule has 0 saturated heterocycles. The first-order valence-electron chi connectivity index (χ1n) is 6.55. The lowest BCUT2D eigenvalue weighted by molar-refractivity contribution is 0.0276. The number of pyridine rings is 1. The average Bonchev–Trinajstić information content (AvgIpc) is 2.48. The second kappa shape index (κ2) is 6.01. The highest BCUT2D eigenvalue weighted by atomic mass is 19.1. The van der Waals surface area contributed by atoms with E-state index in [-0.39, 0.29) is 0 Å².